The average Bonchev–Trinajstić information content (AvgIpc) is 2.25. The number of hydrogen-bond acceptors (Lipinski definition) is 1. The van der Waals surface area contributed by atoms with Crippen molar-refractivity contribution < 1.29 is 9.28 Å². The summed E-state index contributed by atoms with van der Waals surface area (Å²) in [5.41, 5.74) is 1.62. The molecule has 1 aromatic rings. The minimum absolute atomic E-state index is 0.302. The van der Waals surface area contributed by atoms with Crippen LogP contribution in [0.2, 0.25) is 0 Å². The summed E-state index contributed by atoms with van der Waals surface area (Å²) in [5, 5.41) is 0.302. The number of aryl methyl sites for hydroxylation is 2. The largest absolute Gasteiger partial charge is 0.282 e. The van der Waals surface area contributed by atoms with Gasteiger partial charge in [-0.2, -0.15) is 5.12 Å². The van der Waals surface area contributed by atoms with Crippen molar-refractivity contribution in [3.8, 4) is 0 Å². The van der Waals surface area contributed by atoms with E-state index >= 15 is 0 Å². The molecule has 2 nitrogen and oxygen atoms in total. The van der Waals surface area contributed by atoms with Gasteiger partial charge >= 0.3 is 0 Å². The quantitative estimate of drug-likeness (QED) is 0.718. The molecule has 1 amide bonds. The Morgan fingerprint density at radius 1 is 1.35 bits per heavy atom. The summed E-state index contributed by atoms with van der Waals surface area (Å²) in [6.45, 7) is 8.94. The lowest BCUT2D eigenvalue weighted by Crippen LogP contribution is -2.39. The summed E-state index contributed by atoms with van der Waals surface area (Å²) < 4.78 is 13.9. The molecule has 0 saturated carbocycles. The molecule has 1 rings (SSSR count). The van der Waals surface area contributed by atoms with Crippen molar-refractivity contribution in [2.75, 3.05) is 0 Å². The molecule has 0 aromatic heterocycles. The van der Waals surface area contributed by atoms with Crippen LogP contribution in [0.25, 0.3) is 0 Å². The molecule has 0 aliphatic heterocycles. The van der Waals surface area contributed by atoms with Crippen molar-refractivity contribution >= 4 is 5.91 Å². The van der Waals surface area contributed by atoms with E-state index in [2.05, 4.69) is 0 Å². The second-order valence-corrected chi connectivity index (χ2v) is 5.27. The monoisotopic (exact) mass is 237 g/mol. The lowest BCUT2D eigenvalue weighted by Gasteiger charge is -2.27. The zero-order valence-corrected chi connectivity index (χ0v) is 11.2. The fraction of sp³-hybridized carbons (Fsp3) is 0.500. The summed E-state index contributed by atoms with van der Waals surface area (Å²) in [4.78, 5) is 12.0. The van der Waals surface area contributed by atoms with E-state index in [0.29, 0.717) is 10.7 Å². The molecule has 17 heavy (non-hydrogen) atoms. The van der Waals surface area contributed by atoms with Gasteiger partial charge in [-0.1, -0.05) is 29.1 Å². The molecular weight excluding hydrogens is 217 g/mol. The summed E-state index contributed by atoms with van der Waals surface area (Å²) in [6.07, 6.45) is 0.723. The van der Waals surface area contributed by atoms with E-state index in [-0.39, 0.29) is 0 Å². The third-order valence-electron chi connectivity index (χ3n) is 2.64. The minimum Gasteiger partial charge on any atom is -0.266 e. The number of amides is 1. The van der Waals surface area contributed by atoms with Gasteiger partial charge in [0.1, 0.15) is 0 Å². The zero-order valence-electron chi connectivity index (χ0n) is 11.2. The molecule has 0 radical (unpaired) electrons. The first-order valence-corrected chi connectivity index (χ1v) is 5.87. The maximum Gasteiger partial charge on any atom is 0.282 e. The van der Waals surface area contributed by atoms with Crippen LogP contribution in [0.15, 0.2) is 18.2 Å². The second kappa shape index (κ2) is 4.86. The number of benzene rings is 1. The first-order chi connectivity index (χ1) is 7.77. The van der Waals surface area contributed by atoms with Crippen molar-refractivity contribution in [2.45, 2.75) is 46.6 Å². The Hall–Kier alpha value is -1.38. The van der Waals surface area contributed by atoms with Crippen LogP contribution in [0.3, 0.4) is 0 Å². The second-order valence-electron chi connectivity index (χ2n) is 5.27. The molecule has 0 bridgehead atoms. The summed E-state index contributed by atoms with van der Waals surface area (Å²) in [5.74, 6) is -0.561. The molecule has 0 unspecified atom stereocenters. The molecule has 0 spiro atoms. The predicted molar refractivity (Wildman–Crippen MR) is 67.6 cm³/mol. The van der Waals surface area contributed by atoms with Gasteiger partial charge < -0.3 is 0 Å². The van der Waals surface area contributed by atoms with Crippen molar-refractivity contribution in [3.05, 3.63) is 34.9 Å². The minimum atomic E-state index is -0.813. The number of halogens is 1. The van der Waals surface area contributed by atoms with Gasteiger partial charge in [-0.05, 0) is 45.7 Å². The Labute approximate surface area is 102 Å². The van der Waals surface area contributed by atoms with E-state index < -0.39 is 11.4 Å². The number of rotatable bonds is 2. The van der Waals surface area contributed by atoms with E-state index in [1.807, 2.05) is 26.0 Å². The van der Waals surface area contributed by atoms with Gasteiger partial charge in [0.05, 0.1) is 5.54 Å². The lowest BCUT2D eigenvalue weighted by atomic mass is 10.00. The van der Waals surface area contributed by atoms with Crippen LogP contribution in [0.5, 0.6) is 0 Å². The molecule has 94 valence electrons. The maximum absolute atomic E-state index is 13.9. The predicted octanol–water partition coefficient (Wildman–Crippen LogP) is 3.68. The highest BCUT2D eigenvalue weighted by Gasteiger charge is 2.28. The molecule has 0 saturated heterocycles. The van der Waals surface area contributed by atoms with E-state index in [1.54, 1.807) is 26.8 Å². The molecular formula is C14H20FNO. The van der Waals surface area contributed by atoms with Crippen molar-refractivity contribution in [3.63, 3.8) is 0 Å². The van der Waals surface area contributed by atoms with Crippen LogP contribution in [0.1, 0.15) is 49.2 Å². The van der Waals surface area contributed by atoms with Crippen LogP contribution in [-0.4, -0.2) is 16.6 Å². The highest BCUT2D eigenvalue weighted by molar-refractivity contribution is 5.95. The normalized spacial score (nSPS) is 11.4. The summed E-state index contributed by atoms with van der Waals surface area (Å²) in [6, 6.07) is 5.47. The number of carbonyl (C=O) groups is 1. The molecule has 0 heterocycles. The molecule has 0 aliphatic rings. The van der Waals surface area contributed by atoms with Gasteiger partial charge in [-0.25, -0.2) is 0 Å². The van der Waals surface area contributed by atoms with E-state index in [9.17, 15) is 9.28 Å². The van der Waals surface area contributed by atoms with E-state index in [4.69, 9.17) is 0 Å². The van der Waals surface area contributed by atoms with Gasteiger partial charge in [-0.15, -0.1) is 0 Å². The van der Waals surface area contributed by atoms with Gasteiger partial charge in [0.15, 0.2) is 0 Å². The van der Waals surface area contributed by atoms with Crippen molar-refractivity contribution in [1.82, 2.24) is 5.12 Å². The first-order valence-electron chi connectivity index (χ1n) is 5.87. The highest BCUT2D eigenvalue weighted by atomic mass is 19.2. The molecule has 0 aliphatic carbocycles. The standard InChI is InChI=1S/C14H20FNO/c1-6-11-9-10(2)7-8-12(11)13(17)16(15)14(3,4)5/h7-9H,6H2,1-5H3. The van der Waals surface area contributed by atoms with Gasteiger partial charge in [0.2, 0.25) is 0 Å². The summed E-state index contributed by atoms with van der Waals surface area (Å²) in [7, 11) is 0. The number of hydrogen-bond donors (Lipinski definition) is 0. The van der Waals surface area contributed by atoms with Crippen LogP contribution in [0, 0.1) is 6.92 Å². The third-order valence-corrected chi connectivity index (χ3v) is 2.64. The molecule has 3 heteroatoms. The molecule has 1 aromatic carbocycles. The lowest BCUT2D eigenvalue weighted by molar-refractivity contribution is -0.0322. The van der Waals surface area contributed by atoms with Crippen molar-refractivity contribution in [1.29, 1.82) is 0 Å². The average molecular weight is 237 g/mol. The van der Waals surface area contributed by atoms with Crippen LogP contribution < -0.4 is 0 Å². The smallest absolute Gasteiger partial charge is 0.266 e. The zero-order chi connectivity index (χ0) is 13.2. The Bertz CT molecular complexity index is 421. The highest BCUT2D eigenvalue weighted by Crippen LogP contribution is 2.21. The fourth-order valence-corrected chi connectivity index (χ4v) is 1.63. The topological polar surface area (TPSA) is 20.3 Å². The molecule has 0 atom stereocenters. The third kappa shape index (κ3) is 3.05. The van der Waals surface area contributed by atoms with E-state index in [1.165, 1.54) is 0 Å². The number of nitrogens with zero attached hydrogens (tertiary/aromatic N) is 1. The molecule has 0 N–H and O–H groups in total. The Balaban J connectivity index is 3.13. The van der Waals surface area contributed by atoms with Crippen LogP contribution in [-0.2, 0) is 6.42 Å². The first kappa shape index (κ1) is 13.7. The van der Waals surface area contributed by atoms with E-state index in [0.717, 1.165) is 17.5 Å². The van der Waals surface area contributed by atoms with Crippen molar-refractivity contribution in [2.24, 2.45) is 0 Å². The van der Waals surface area contributed by atoms with Gasteiger partial charge in [0.25, 0.3) is 5.91 Å². The van der Waals surface area contributed by atoms with Gasteiger partial charge in [0, 0.05) is 5.56 Å². The SMILES string of the molecule is CCc1cc(C)ccc1C(=O)N(F)C(C)(C)C. The van der Waals surface area contributed by atoms with Crippen LogP contribution in [0.4, 0.5) is 4.48 Å². The Morgan fingerprint density at radius 2 is 1.94 bits per heavy atom. The maximum atomic E-state index is 13.9. The van der Waals surface area contributed by atoms with Crippen LogP contribution >= 0.6 is 0 Å². The Morgan fingerprint density at radius 3 is 2.41 bits per heavy atom. The molecule has 0 fully saturated rings. The Kier molecular flexibility index (Phi) is 3.91. The summed E-state index contributed by atoms with van der Waals surface area (Å²) >= 11 is 0. The number of carbonyl (C=O) groups excluding carboxylic acids is 1. The fourth-order valence-electron chi connectivity index (χ4n) is 1.63. The van der Waals surface area contributed by atoms with Gasteiger partial charge in [-0.3, -0.25) is 4.79 Å².